The molecule has 226 valence electrons. The van der Waals surface area contributed by atoms with Gasteiger partial charge in [-0.3, -0.25) is 0 Å². The summed E-state index contributed by atoms with van der Waals surface area (Å²) in [4.78, 5) is 21.7. The molecule has 0 saturated heterocycles. The molecule has 0 aliphatic rings. The van der Waals surface area contributed by atoms with Crippen molar-refractivity contribution in [3.63, 3.8) is 0 Å². The molecule has 2 N–H and O–H groups in total. The van der Waals surface area contributed by atoms with Crippen molar-refractivity contribution < 1.29 is 104 Å². The number of allylic oxidation sites excluding steroid dienone is 3. The molecule has 0 heterocycles. The Balaban J connectivity index is 3.80. The van der Waals surface area contributed by atoms with E-state index in [1.165, 1.54) is 0 Å². The minimum Gasteiger partial charge on any atom is -0.478 e. The lowest BCUT2D eigenvalue weighted by atomic mass is 9.97. The lowest BCUT2D eigenvalue weighted by Crippen LogP contribution is -2.66. The van der Waals surface area contributed by atoms with E-state index in [2.05, 4.69) is 4.74 Å². The number of rotatable bonds is 9. The third-order valence-corrected chi connectivity index (χ3v) is 4.27. The first-order chi connectivity index (χ1) is 17.6. The fourth-order valence-corrected chi connectivity index (χ4v) is 2.30. The van der Waals surface area contributed by atoms with Gasteiger partial charge >= 0.3 is 47.8 Å². The average molecular weight is 628 g/mol. The second-order valence-electron chi connectivity index (χ2n) is 6.74. The van der Waals surface area contributed by atoms with Crippen molar-refractivity contribution in [2.45, 2.75) is 29.9 Å². The SMILES string of the molecule is O=C(O)c1c(F)c(F)c(OC(F)=C(F)C(F)=C(F)C(F)(F)C(F)(F)C(F)(F)C(F)(F)C(F)(F)F)c(F)c1C(=O)O. The predicted octanol–water partition coefficient (Wildman–Crippen LogP) is 7.24. The van der Waals surface area contributed by atoms with Gasteiger partial charge in [-0.25, -0.2) is 27.2 Å². The number of benzene rings is 1. The summed E-state index contributed by atoms with van der Waals surface area (Å²) in [6, 6.07) is -3.87. The van der Waals surface area contributed by atoms with Gasteiger partial charge in [0.15, 0.2) is 11.6 Å². The number of carboxylic acid groups (broad SMARTS) is 2. The monoisotopic (exact) mass is 628 g/mol. The van der Waals surface area contributed by atoms with Crippen LogP contribution in [0.5, 0.6) is 5.75 Å². The molecule has 1 aromatic carbocycles. The van der Waals surface area contributed by atoms with Gasteiger partial charge in [-0.2, -0.15) is 61.5 Å². The standard InChI is InChI=1S/C17H2F18O5/c18-3-1(11(36)37)2(12(38)39)4(19)8(5(3)20)40-10(24)7(22)6(21)9(23)13(25,26)14(27,28)15(29,30)16(31,32)17(33,34)35/h(H,36,37)(H,38,39). The van der Waals surface area contributed by atoms with E-state index < -0.39 is 99.6 Å². The van der Waals surface area contributed by atoms with E-state index in [1.54, 1.807) is 0 Å². The summed E-state index contributed by atoms with van der Waals surface area (Å²) >= 11 is 0. The highest BCUT2D eigenvalue weighted by atomic mass is 19.4. The van der Waals surface area contributed by atoms with Gasteiger partial charge in [0.05, 0.1) is 0 Å². The molecule has 0 spiro atoms. The molecule has 40 heavy (non-hydrogen) atoms. The van der Waals surface area contributed by atoms with E-state index >= 15 is 0 Å². The first-order valence-corrected chi connectivity index (χ1v) is 8.67. The van der Waals surface area contributed by atoms with Crippen LogP contribution in [-0.4, -0.2) is 52.0 Å². The van der Waals surface area contributed by atoms with Gasteiger partial charge < -0.3 is 14.9 Å². The van der Waals surface area contributed by atoms with Crippen LogP contribution in [0.15, 0.2) is 23.5 Å². The highest BCUT2D eigenvalue weighted by Crippen LogP contribution is 2.59. The predicted molar refractivity (Wildman–Crippen MR) is 85.2 cm³/mol. The zero-order valence-electron chi connectivity index (χ0n) is 17.4. The van der Waals surface area contributed by atoms with Gasteiger partial charge in [-0.1, -0.05) is 0 Å². The lowest BCUT2D eigenvalue weighted by Gasteiger charge is -2.36. The number of carbonyl (C=O) groups is 2. The third kappa shape index (κ3) is 5.07. The van der Waals surface area contributed by atoms with Crippen LogP contribution in [0.3, 0.4) is 0 Å². The average Bonchev–Trinajstić information content (AvgIpc) is 2.80. The van der Waals surface area contributed by atoms with Crippen molar-refractivity contribution >= 4 is 11.9 Å². The molecule has 5 nitrogen and oxygen atoms in total. The number of ether oxygens (including phenoxy) is 1. The molecular formula is C17H2F18O5. The third-order valence-electron chi connectivity index (χ3n) is 4.27. The molecule has 0 amide bonds. The Labute approximate surface area is 204 Å². The Morgan fingerprint density at radius 2 is 0.975 bits per heavy atom. The molecule has 0 aliphatic heterocycles. The molecule has 0 saturated carbocycles. The molecule has 23 heteroatoms. The summed E-state index contributed by atoms with van der Waals surface area (Å²) in [5, 5.41) is 17.3. The first-order valence-electron chi connectivity index (χ1n) is 8.67. The van der Waals surface area contributed by atoms with Crippen LogP contribution in [0.4, 0.5) is 79.0 Å². The van der Waals surface area contributed by atoms with Crippen LogP contribution in [0.2, 0.25) is 0 Å². The van der Waals surface area contributed by atoms with Crippen molar-refractivity contribution in [3.05, 3.63) is 52.1 Å². The molecule has 0 unspecified atom stereocenters. The summed E-state index contributed by atoms with van der Waals surface area (Å²) in [5.74, 6) is -63.8. The fraction of sp³-hybridized carbons (Fsp3) is 0.294. The Morgan fingerprint density at radius 3 is 1.35 bits per heavy atom. The van der Waals surface area contributed by atoms with Gasteiger partial charge in [0.2, 0.25) is 29.0 Å². The van der Waals surface area contributed by atoms with E-state index in [4.69, 9.17) is 10.2 Å². The molecule has 0 bridgehead atoms. The zero-order valence-corrected chi connectivity index (χ0v) is 17.4. The maximum absolute atomic E-state index is 14.1. The molecule has 0 radical (unpaired) electrons. The van der Waals surface area contributed by atoms with Crippen LogP contribution in [-0.2, 0) is 0 Å². The summed E-state index contributed by atoms with van der Waals surface area (Å²) in [6.45, 7) is 0. The van der Waals surface area contributed by atoms with Gasteiger partial charge in [0.25, 0.3) is 0 Å². The largest absolute Gasteiger partial charge is 0.478 e. The number of aromatic carboxylic acids is 2. The molecule has 1 aromatic rings. The zero-order chi connectivity index (χ0) is 32.1. The maximum atomic E-state index is 14.1. The number of hydrogen-bond donors (Lipinski definition) is 2. The summed E-state index contributed by atoms with van der Waals surface area (Å²) in [5.41, 5.74) is -4.79. The number of alkyl halides is 11. The quantitative estimate of drug-likeness (QED) is 0.131. The van der Waals surface area contributed by atoms with Gasteiger partial charge in [-0.05, 0) is 0 Å². The maximum Gasteiger partial charge on any atom is 0.460 e. The van der Waals surface area contributed by atoms with Crippen LogP contribution in [0, 0.1) is 17.5 Å². The number of hydrogen-bond acceptors (Lipinski definition) is 3. The molecule has 0 aliphatic carbocycles. The highest BCUT2D eigenvalue weighted by molar-refractivity contribution is 6.02. The second-order valence-corrected chi connectivity index (χ2v) is 6.74. The summed E-state index contributed by atoms with van der Waals surface area (Å²) < 4.78 is 241. The van der Waals surface area contributed by atoms with Crippen molar-refractivity contribution in [1.82, 2.24) is 0 Å². The van der Waals surface area contributed by atoms with E-state index in [-0.39, 0.29) is 0 Å². The van der Waals surface area contributed by atoms with Gasteiger partial charge in [0, 0.05) is 0 Å². The minimum absolute atomic E-state index is 2.35. The van der Waals surface area contributed by atoms with E-state index in [0.717, 1.165) is 0 Å². The second kappa shape index (κ2) is 10.3. The Kier molecular flexibility index (Phi) is 8.81. The van der Waals surface area contributed by atoms with Crippen molar-refractivity contribution in [2.75, 3.05) is 0 Å². The Bertz CT molecular complexity index is 1290. The van der Waals surface area contributed by atoms with Crippen molar-refractivity contribution in [2.24, 2.45) is 0 Å². The van der Waals surface area contributed by atoms with Crippen LogP contribution >= 0.6 is 0 Å². The molecule has 1 rings (SSSR count). The Hall–Kier alpha value is -3.82. The normalized spacial score (nSPS) is 14.9. The summed E-state index contributed by atoms with van der Waals surface area (Å²) in [6.07, 6.45) is -7.74. The number of carboxylic acids is 2. The molecule has 0 atom stereocenters. The van der Waals surface area contributed by atoms with Crippen molar-refractivity contribution in [1.29, 1.82) is 0 Å². The summed E-state index contributed by atoms with van der Waals surface area (Å²) in [7, 11) is 0. The van der Waals surface area contributed by atoms with E-state index in [0.29, 0.717) is 0 Å². The smallest absolute Gasteiger partial charge is 0.460 e. The van der Waals surface area contributed by atoms with Gasteiger partial charge in [0.1, 0.15) is 11.1 Å². The topological polar surface area (TPSA) is 83.8 Å². The first kappa shape index (κ1) is 34.2. The van der Waals surface area contributed by atoms with Crippen LogP contribution in [0.1, 0.15) is 20.7 Å². The number of halogens is 18. The molecule has 0 aromatic heterocycles. The van der Waals surface area contributed by atoms with Crippen LogP contribution in [0.25, 0.3) is 0 Å². The Morgan fingerprint density at radius 1 is 0.575 bits per heavy atom. The van der Waals surface area contributed by atoms with E-state index in [1.807, 2.05) is 0 Å². The minimum atomic E-state index is -8.34. The highest BCUT2D eigenvalue weighted by Gasteiger charge is 2.88. The van der Waals surface area contributed by atoms with Gasteiger partial charge in [-0.15, -0.1) is 0 Å². The fourth-order valence-electron chi connectivity index (χ4n) is 2.30. The lowest BCUT2D eigenvalue weighted by molar-refractivity contribution is -0.419. The molecule has 0 fully saturated rings. The van der Waals surface area contributed by atoms with Crippen LogP contribution < -0.4 is 4.74 Å². The van der Waals surface area contributed by atoms with E-state index in [9.17, 15) is 88.6 Å². The molecular weight excluding hydrogens is 626 g/mol. The van der Waals surface area contributed by atoms with Crippen molar-refractivity contribution in [3.8, 4) is 5.75 Å².